The van der Waals surface area contributed by atoms with Gasteiger partial charge in [-0.15, -0.1) is 0 Å². The average molecular weight is 568 g/mol. The number of amidine groups is 2. The van der Waals surface area contributed by atoms with Crippen molar-refractivity contribution in [2.24, 2.45) is 9.98 Å². The molecule has 2 atom stereocenters. The van der Waals surface area contributed by atoms with Crippen molar-refractivity contribution in [2.45, 2.75) is 50.9 Å². The van der Waals surface area contributed by atoms with Crippen LogP contribution in [0.3, 0.4) is 0 Å². The summed E-state index contributed by atoms with van der Waals surface area (Å²) in [5, 5.41) is 5.86. The van der Waals surface area contributed by atoms with Crippen molar-refractivity contribution in [3.8, 4) is 0 Å². The van der Waals surface area contributed by atoms with Gasteiger partial charge < -0.3 is 10.6 Å². The third kappa shape index (κ3) is 6.74. The molecule has 2 aliphatic rings. The molecule has 0 saturated carbocycles. The standard InChI is InChI=1S/C32H33N5O3S/c1-3-27(30(39)34-20-23-15-13-21(2)14-16-23)41-32-36-25-12-8-7-11-24(25)29-35-26(31(40)37(29)32)19-28(38)33-18-17-22-9-5-4-6-10-22/h4-16,26-27H,3,17-20H2,1-2H3,(H,33,38)(H,34,39)/t26-,27+/m1/s1. The van der Waals surface area contributed by atoms with Crippen molar-refractivity contribution in [3.05, 3.63) is 101 Å². The Morgan fingerprint density at radius 1 is 0.951 bits per heavy atom. The van der Waals surface area contributed by atoms with Crippen LogP contribution >= 0.6 is 11.8 Å². The molecule has 9 heteroatoms. The highest BCUT2D eigenvalue weighted by molar-refractivity contribution is 8.15. The van der Waals surface area contributed by atoms with Crippen LogP contribution in [0.4, 0.5) is 5.69 Å². The molecule has 2 heterocycles. The van der Waals surface area contributed by atoms with Gasteiger partial charge in [-0.25, -0.2) is 9.89 Å². The Kier molecular flexibility index (Phi) is 8.94. The maximum atomic E-state index is 13.6. The molecule has 0 aliphatic carbocycles. The topological polar surface area (TPSA) is 103 Å². The molecule has 2 aliphatic heterocycles. The summed E-state index contributed by atoms with van der Waals surface area (Å²) in [4.78, 5) is 50.4. The maximum Gasteiger partial charge on any atom is 0.259 e. The first kappa shape index (κ1) is 28.3. The second-order valence-electron chi connectivity index (χ2n) is 10.1. The van der Waals surface area contributed by atoms with Crippen molar-refractivity contribution in [2.75, 3.05) is 6.54 Å². The Bertz CT molecular complexity index is 1490. The molecule has 3 aromatic carbocycles. The van der Waals surface area contributed by atoms with Crippen LogP contribution in [0.25, 0.3) is 0 Å². The van der Waals surface area contributed by atoms with Crippen LogP contribution in [0, 0.1) is 6.92 Å². The van der Waals surface area contributed by atoms with Crippen molar-refractivity contribution in [1.29, 1.82) is 0 Å². The van der Waals surface area contributed by atoms with Gasteiger partial charge in [0.1, 0.15) is 11.9 Å². The van der Waals surface area contributed by atoms with Gasteiger partial charge in [-0.1, -0.05) is 91.0 Å². The van der Waals surface area contributed by atoms with Crippen molar-refractivity contribution >= 4 is 46.2 Å². The van der Waals surface area contributed by atoms with E-state index in [4.69, 9.17) is 4.99 Å². The van der Waals surface area contributed by atoms with Gasteiger partial charge in [0.15, 0.2) is 5.17 Å². The first-order valence-electron chi connectivity index (χ1n) is 13.8. The molecular formula is C32H33N5O3S. The van der Waals surface area contributed by atoms with E-state index in [2.05, 4.69) is 15.6 Å². The highest BCUT2D eigenvalue weighted by atomic mass is 32.2. The van der Waals surface area contributed by atoms with Gasteiger partial charge in [-0.2, -0.15) is 0 Å². The number of carbonyl (C=O) groups excluding carboxylic acids is 3. The number of aryl methyl sites for hydroxylation is 1. The lowest BCUT2D eigenvalue weighted by atomic mass is 10.1. The smallest absolute Gasteiger partial charge is 0.259 e. The number of nitrogens with one attached hydrogen (secondary N) is 2. The van der Waals surface area contributed by atoms with Crippen LogP contribution in [0.5, 0.6) is 0 Å². The molecule has 2 N–H and O–H groups in total. The predicted octanol–water partition coefficient (Wildman–Crippen LogP) is 4.53. The van der Waals surface area contributed by atoms with E-state index in [0.717, 1.165) is 22.3 Å². The summed E-state index contributed by atoms with van der Waals surface area (Å²) in [6, 6.07) is 24.6. The fraction of sp³-hybridized carbons (Fsp3) is 0.281. The van der Waals surface area contributed by atoms with Gasteiger partial charge in [-0.05, 0) is 43.0 Å². The summed E-state index contributed by atoms with van der Waals surface area (Å²) in [5.41, 5.74) is 4.72. The lowest BCUT2D eigenvalue weighted by Crippen LogP contribution is -2.43. The summed E-state index contributed by atoms with van der Waals surface area (Å²) in [5.74, 6) is -0.196. The predicted molar refractivity (Wildman–Crippen MR) is 163 cm³/mol. The Morgan fingerprint density at radius 3 is 2.44 bits per heavy atom. The molecule has 0 aromatic heterocycles. The van der Waals surface area contributed by atoms with Gasteiger partial charge >= 0.3 is 0 Å². The quantitative estimate of drug-likeness (QED) is 0.376. The molecule has 0 radical (unpaired) electrons. The van der Waals surface area contributed by atoms with E-state index in [0.29, 0.717) is 42.6 Å². The summed E-state index contributed by atoms with van der Waals surface area (Å²) in [7, 11) is 0. The molecule has 210 valence electrons. The number of fused-ring (bicyclic) bond motifs is 3. The summed E-state index contributed by atoms with van der Waals surface area (Å²) >= 11 is 1.25. The number of rotatable bonds is 10. The van der Waals surface area contributed by atoms with Crippen LogP contribution in [0.1, 0.15) is 42.0 Å². The largest absolute Gasteiger partial charge is 0.356 e. The van der Waals surface area contributed by atoms with Gasteiger partial charge in [0.2, 0.25) is 11.8 Å². The number of aliphatic imine (C=N–C) groups is 2. The molecule has 3 amide bonds. The first-order valence-corrected chi connectivity index (χ1v) is 14.7. The van der Waals surface area contributed by atoms with E-state index in [1.165, 1.54) is 16.7 Å². The maximum absolute atomic E-state index is 13.6. The van der Waals surface area contributed by atoms with Gasteiger partial charge in [0.05, 0.1) is 17.4 Å². The number of amides is 3. The van der Waals surface area contributed by atoms with Crippen LogP contribution in [-0.2, 0) is 27.3 Å². The molecule has 0 saturated heterocycles. The summed E-state index contributed by atoms with van der Waals surface area (Å²) in [6.45, 7) is 4.85. The SMILES string of the molecule is CC[C@H](SC1=Nc2ccccc2C2=N[C@H](CC(=O)NCCc3ccccc3)C(=O)N12)C(=O)NCc1ccc(C)cc1. The minimum absolute atomic E-state index is 0.0536. The second kappa shape index (κ2) is 13.0. The Morgan fingerprint density at radius 2 is 1.68 bits per heavy atom. The lowest BCUT2D eigenvalue weighted by Gasteiger charge is -2.27. The molecule has 3 aromatic rings. The molecule has 41 heavy (non-hydrogen) atoms. The number of carbonyl (C=O) groups is 3. The fourth-order valence-corrected chi connectivity index (χ4v) is 5.76. The van der Waals surface area contributed by atoms with Crippen LogP contribution in [-0.4, -0.2) is 51.5 Å². The number of nitrogens with zero attached hydrogens (tertiary/aromatic N) is 3. The summed E-state index contributed by atoms with van der Waals surface area (Å²) in [6.07, 6.45) is 1.20. The van der Waals surface area contributed by atoms with Crippen LogP contribution in [0.2, 0.25) is 0 Å². The summed E-state index contributed by atoms with van der Waals surface area (Å²) < 4.78 is 0. The fourth-order valence-electron chi connectivity index (χ4n) is 4.71. The molecule has 0 fully saturated rings. The van der Waals surface area contributed by atoms with Gasteiger partial charge in [0.25, 0.3) is 5.91 Å². The Balaban J connectivity index is 1.27. The van der Waals surface area contributed by atoms with Crippen LogP contribution in [0.15, 0.2) is 88.8 Å². The lowest BCUT2D eigenvalue weighted by molar-refractivity contribution is -0.128. The van der Waals surface area contributed by atoms with E-state index >= 15 is 0 Å². The van der Waals surface area contributed by atoms with Crippen LogP contribution < -0.4 is 10.6 Å². The van der Waals surface area contributed by atoms with Crippen molar-refractivity contribution in [3.63, 3.8) is 0 Å². The van der Waals surface area contributed by atoms with E-state index in [1.54, 1.807) is 0 Å². The highest BCUT2D eigenvalue weighted by Gasteiger charge is 2.43. The number of para-hydroxylation sites is 1. The second-order valence-corrected chi connectivity index (χ2v) is 11.2. The zero-order chi connectivity index (χ0) is 28.8. The average Bonchev–Trinajstić information content (AvgIpc) is 3.31. The number of hydrogen-bond donors (Lipinski definition) is 2. The third-order valence-electron chi connectivity index (χ3n) is 7.00. The van der Waals surface area contributed by atoms with E-state index < -0.39 is 11.3 Å². The van der Waals surface area contributed by atoms with E-state index in [-0.39, 0.29) is 24.1 Å². The number of hydrogen-bond acceptors (Lipinski definition) is 6. The van der Waals surface area contributed by atoms with Gasteiger partial charge in [-0.3, -0.25) is 19.4 Å². The minimum atomic E-state index is -0.853. The first-order chi connectivity index (χ1) is 19.9. The Labute approximate surface area is 244 Å². The van der Waals surface area contributed by atoms with Gasteiger partial charge in [0, 0.05) is 18.7 Å². The minimum Gasteiger partial charge on any atom is -0.356 e. The zero-order valence-corrected chi connectivity index (χ0v) is 24.0. The number of thioether (sulfide) groups is 1. The molecule has 8 nitrogen and oxygen atoms in total. The van der Waals surface area contributed by atoms with Crippen molar-refractivity contribution < 1.29 is 14.4 Å². The van der Waals surface area contributed by atoms with E-state index in [9.17, 15) is 14.4 Å². The molecule has 5 rings (SSSR count). The normalized spacial score (nSPS) is 16.3. The molecule has 0 unspecified atom stereocenters. The molecular weight excluding hydrogens is 534 g/mol. The highest BCUT2D eigenvalue weighted by Crippen LogP contribution is 2.35. The Hall–Kier alpha value is -4.24. The third-order valence-corrected chi connectivity index (χ3v) is 8.32. The van der Waals surface area contributed by atoms with E-state index in [1.807, 2.05) is 92.7 Å². The zero-order valence-electron chi connectivity index (χ0n) is 23.2. The molecule has 0 bridgehead atoms. The monoisotopic (exact) mass is 567 g/mol. The molecule has 0 spiro atoms. The number of benzene rings is 3. The van der Waals surface area contributed by atoms with Crippen molar-refractivity contribution in [1.82, 2.24) is 15.5 Å².